The van der Waals surface area contributed by atoms with Gasteiger partial charge in [-0.25, -0.2) is 5.43 Å². The van der Waals surface area contributed by atoms with Crippen LogP contribution in [-0.4, -0.2) is 17.5 Å². The summed E-state index contributed by atoms with van der Waals surface area (Å²) in [5, 5.41) is 10.7. The molecule has 0 saturated heterocycles. The minimum Gasteiger partial charge on any atom is -0.321 e. The zero-order valence-corrected chi connectivity index (χ0v) is 15.0. The van der Waals surface area contributed by atoms with Crippen LogP contribution < -0.4 is 10.7 Å². The summed E-state index contributed by atoms with van der Waals surface area (Å²) >= 11 is 2.76. The molecule has 0 spiro atoms. The number of carbonyl (C=O) groups excluding carboxylic acids is 2. The summed E-state index contributed by atoms with van der Waals surface area (Å²) in [7, 11) is 0. The van der Waals surface area contributed by atoms with Crippen LogP contribution in [0.4, 0.5) is 5.69 Å². The summed E-state index contributed by atoms with van der Waals surface area (Å²) < 4.78 is 0. The highest BCUT2D eigenvalue weighted by molar-refractivity contribution is 7.12. The topological polar surface area (TPSA) is 70.6 Å². The van der Waals surface area contributed by atoms with E-state index in [0.717, 1.165) is 5.56 Å². The number of nitrogens with one attached hydrogen (secondary N) is 2. The molecule has 3 rings (SSSR count). The lowest BCUT2D eigenvalue weighted by Gasteiger charge is -2.06. The van der Waals surface area contributed by atoms with Crippen LogP contribution in [0.1, 0.15) is 31.8 Å². The quantitative estimate of drug-likeness (QED) is 0.522. The highest BCUT2D eigenvalue weighted by Crippen LogP contribution is 2.15. The number of anilines is 1. The fraction of sp³-hybridized carbons (Fsp3) is 0.0556. The second-order valence-corrected chi connectivity index (χ2v) is 7.02. The Labute approximate surface area is 153 Å². The largest absolute Gasteiger partial charge is 0.321 e. The summed E-state index contributed by atoms with van der Waals surface area (Å²) in [4.78, 5) is 25.2. The van der Waals surface area contributed by atoms with Gasteiger partial charge in [0.1, 0.15) is 0 Å². The van der Waals surface area contributed by atoms with E-state index in [0.29, 0.717) is 21.2 Å². The number of hydrogen-bond donors (Lipinski definition) is 2. The van der Waals surface area contributed by atoms with E-state index < -0.39 is 0 Å². The van der Waals surface area contributed by atoms with Gasteiger partial charge in [0, 0.05) is 5.69 Å². The number of benzene rings is 1. The number of thiophene rings is 2. The summed E-state index contributed by atoms with van der Waals surface area (Å²) in [5.41, 5.74) is 4.79. The standard InChI is InChI=1S/C18H15N3O2S2/c1-12(20-21-18(23)16-5-3-11-25-16)13-6-8-14(9-7-13)19-17(22)15-4-2-10-24-15/h2-11H,1H3,(H,19,22)(H,21,23)/b20-12+. The Hall–Kier alpha value is -2.77. The zero-order valence-electron chi connectivity index (χ0n) is 13.4. The molecule has 0 saturated carbocycles. The molecule has 0 radical (unpaired) electrons. The SMILES string of the molecule is C/C(=N\NC(=O)c1cccs1)c1ccc(NC(=O)c2cccs2)cc1. The number of nitrogens with zero attached hydrogens (tertiary/aromatic N) is 1. The van der Waals surface area contributed by atoms with Crippen LogP contribution >= 0.6 is 22.7 Å². The Morgan fingerprint density at radius 2 is 1.48 bits per heavy atom. The second kappa shape index (κ2) is 7.87. The van der Waals surface area contributed by atoms with Crippen molar-refractivity contribution < 1.29 is 9.59 Å². The van der Waals surface area contributed by atoms with E-state index in [1.54, 1.807) is 24.3 Å². The van der Waals surface area contributed by atoms with Gasteiger partial charge in [-0.05, 0) is 47.5 Å². The van der Waals surface area contributed by atoms with Gasteiger partial charge in [0.05, 0.1) is 15.5 Å². The van der Waals surface area contributed by atoms with Crippen molar-refractivity contribution in [3.63, 3.8) is 0 Å². The smallest absolute Gasteiger partial charge is 0.281 e. The molecule has 0 aliphatic heterocycles. The lowest BCUT2D eigenvalue weighted by Crippen LogP contribution is -2.18. The Morgan fingerprint density at radius 3 is 2.04 bits per heavy atom. The van der Waals surface area contributed by atoms with Crippen molar-refractivity contribution in [1.82, 2.24) is 5.43 Å². The summed E-state index contributed by atoms with van der Waals surface area (Å²) in [6.45, 7) is 1.81. The van der Waals surface area contributed by atoms with E-state index >= 15 is 0 Å². The fourth-order valence-corrected chi connectivity index (χ4v) is 3.29. The molecule has 0 fully saturated rings. The average molecular weight is 369 g/mol. The van der Waals surface area contributed by atoms with Crippen LogP contribution in [0.5, 0.6) is 0 Å². The first-order valence-electron chi connectivity index (χ1n) is 7.47. The lowest BCUT2D eigenvalue weighted by molar-refractivity contribution is 0.0958. The Kier molecular flexibility index (Phi) is 5.37. The predicted molar refractivity (Wildman–Crippen MR) is 103 cm³/mol. The minimum atomic E-state index is -0.228. The normalized spacial score (nSPS) is 11.2. The van der Waals surface area contributed by atoms with E-state index in [1.165, 1.54) is 22.7 Å². The number of rotatable bonds is 5. The van der Waals surface area contributed by atoms with Gasteiger partial charge in [-0.15, -0.1) is 22.7 Å². The van der Waals surface area contributed by atoms with Gasteiger partial charge >= 0.3 is 0 Å². The Balaban J connectivity index is 1.62. The van der Waals surface area contributed by atoms with Gasteiger partial charge in [-0.3, -0.25) is 9.59 Å². The highest BCUT2D eigenvalue weighted by Gasteiger charge is 2.08. The van der Waals surface area contributed by atoms with Crippen LogP contribution in [0.3, 0.4) is 0 Å². The molecule has 25 heavy (non-hydrogen) atoms. The first-order valence-corrected chi connectivity index (χ1v) is 9.23. The Bertz CT molecular complexity index is 883. The van der Waals surface area contributed by atoms with Gasteiger partial charge in [0.15, 0.2) is 0 Å². The van der Waals surface area contributed by atoms with Crippen molar-refractivity contribution in [2.24, 2.45) is 5.10 Å². The van der Waals surface area contributed by atoms with Gasteiger partial charge in [-0.1, -0.05) is 24.3 Å². The van der Waals surface area contributed by atoms with E-state index in [2.05, 4.69) is 15.8 Å². The molecule has 0 aliphatic rings. The van der Waals surface area contributed by atoms with Crippen LogP contribution in [0.25, 0.3) is 0 Å². The zero-order chi connectivity index (χ0) is 17.6. The van der Waals surface area contributed by atoms with Gasteiger partial charge < -0.3 is 5.32 Å². The van der Waals surface area contributed by atoms with Crippen molar-refractivity contribution >= 4 is 45.9 Å². The van der Waals surface area contributed by atoms with E-state index in [4.69, 9.17) is 0 Å². The first kappa shape index (κ1) is 17.1. The maximum Gasteiger partial charge on any atom is 0.281 e. The number of hydrogen-bond acceptors (Lipinski definition) is 5. The molecule has 7 heteroatoms. The molecule has 1 aromatic carbocycles. The van der Waals surface area contributed by atoms with Crippen molar-refractivity contribution in [2.75, 3.05) is 5.32 Å². The predicted octanol–water partition coefficient (Wildman–Crippen LogP) is 4.22. The fourth-order valence-electron chi connectivity index (χ4n) is 2.06. The van der Waals surface area contributed by atoms with Gasteiger partial charge in [0.25, 0.3) is 11.8 Å². The van der Waals surface area contributed by atoms with E-state index in [-0.39, 0.29) is 11.8 Å². The molecule has 126 valence electrons. The molecule has 0 aliphatic carbocycles. The molecular formula is C18H15N3O2S2. The summed E-state index contributed by atoms with van der Waals surface area (Å²) in [5.74, 6) is -0.356. The third-order valence-corrected chi connectivity index (χ3v) is 5.11. The molecular weight excluding hydrogens is 354 g/mol. The summed E-state index contributed by atoms with van der Waals surface area (Å²) in [6.07, 6.45) is 0. The van der Waals surface area contributed by atoms with Crippen molar-refractivity contribution in [1.29, 1.82) is 0 Å². The molecule has 2 heterocycles. The summed E-state index contributed by atoms with van der Waals surface area (Å²) in [6, 6.07) is 14.5. The van der Waals surface area contributed by atoms with Gasteiger partial charge in [-0.2, -0.15) is 5.10 Å². The number of carbonyl (C=O) groups is 2. The third-order valence-electron chi connectivity index (χ3n) is 3.38. The second-order valence-electron chi connectivity index (χ2n) is 5.12. The van der Waals surface area contributed by atoms with Crippen LogP contribution in [0.15, 0.2) is 64.4 Å². The molecule has 2 N–H and O–H groups in total. The number of amides is 2. The van der Waals surface area contributed by atoms with Crippen LogP contribution in [0, 0.1) is 0 Å². The molecule has 0 unspecified atom stereocenters. The maximum atomic E-state index is 12.0. The monoisotopic (exact) mass is 369 g/mol. The van der Waals surface area contributed by atoms with Crippen LogP contribution in [-0.2, 0) is 0 Å². The lowest BCUT2D eigenvalue weighted by atomic mass is 10.1. The van der Waals surface area contributed by atoms with E-state index in [1.807, 2.05) is 41.9 Å². The van der Waals surface area contributed by atoms with Crippen molar-refractivity contribution in [2.45, 2.75) is 6.92 Å². The van der Waals surface area contributed by atoms with Crippen molar-refractivity contribution in [3.8, 4) is 0 Å². The van der Waals surface area contributed by atoms with E-state index in [9.17, 15) is 9.59 Å². The Morgan fingerprint density at radius 1 is 0.880 bits per heavy atom. The molecule has 0 bridgehead atoms. The minimum absolute atomic E-state index is 0.128. The van der Waals surface area contributed by atoms with Crippen molar-refractivity contribution in [3.05, 3.63) is 74.6 Å². The maximum absolute atomic E-state index is 12.0. The third kappa shape index (κ3) is 4.40. The highest BCUT2D eigenvalue weighted by atomic mass is 32.1. The van der Waals surface area contributed by atoms with Crippen LogP contribution in [0.2, 0.25) is 0 Å². The molecule has 2 amide bonds. The molecule has 2 aromatic heterocycles. The average Bonchev–Trinajstić information content (AvgIpc) is 3.33. The molecule has 5 nitrogen and oxygen atoms in total. The molecule has 3 aromatic rings. The molecule has 0 atom stereocenters. The van der Waals surface area contributed by atoms with Gasteiger partial charge in [0.2, 0.25) is 0 Å². The first-order chi connectivity index (χ1) is 12.1. The number of hydrazone groups is 1.